The predicted octanol–water partition coefficient (Wildman–Crippen LogP) is 3.74. The molecule has 0 atom stereocenters. The molecule has 0 unspecified atom stereocenters. The molecule has 0 aliphatic heterocycles. The average molecular weight is 355 g/mol. The zero-order valence-electron chi connectivity index (χ0n) is 13.5. The quantitative estimate of drug-likeness (QED) is 0.858. The molecule has 1 N–H and O–H groups in total. The van der Waals surface area contributed by atoms with Crippen molar-refractivity contribution in [2.24, 2.45) is 0 Å². The van der Waals surface area contributed by atoms with Crippen LogP contribution in [0.3, 0.4) is 0 Å². The first-order chi connectivity index (χ1) is 11.8. The number of carbonyl (C=O) groups is 1. The van der Waals surface area contributed by atoms with Crippen molar-refractivity contribution in [3.8, 4) is 17.2 Å². The van der Waals surface area contributed by atoms with Gasteiger partial charge in [0.2, 0.25) is 0 Å². The molecule has 0 heterocycles. The molecule has 5 nitrogen and oxygen atoms in total. The zero-order valence-corrected chi connectivity index (χ0v) is 13.5. The fourth-order valence-electron chi connectivity index (χ4n) is 2.08. The summed E-state index contributed by atoms with van der Waals surface area (Å²) < 4.78 is 53.8. The second-order valence-electron chi connectivity index (χ2n) is 4.90. The van der Waals surface area contributed by atoms with Gasteiger partial charge in [-0.25, -0.2) is 0 Å². The highest BCUT2D eigenvalue weighted by Crippen LogP contribution is 2.36. The summed E-state index contributed by atoms with van der Waals surface area (Å²) >= 11 is 0. The smallest absolute Gasteiger partial charge is 0.419 e. The summed E-state index contributed by atoms with van der Waals surface area (Å²) in [7, 11) is 2.92. The van der Waals surface area contributed by atoms with E-state index in [-0.39, 0.29) is 0 Å². The Bertz CT molecular complexity index is 747. The van der Waals surface area contributed by atoms with Crippen LogP contribution >= 0.6 is 0 Å². The van der Waals surface area contributed by atoms with Crippen LogP contribution in [0, 0.1) is 0 Å². The standard InChI is InChI=1S/C17H16F3NO4/c1-23-14-8-7-11(9-15(14)24-2)21-16(22)10-25-13-6-4-3-5-12(13)17(18,19)20/h3-9H,10H2,1-2H3,(H,21,22). The Balaban J connectivity index is 2.03. The minimum Gasteiger partial charge on any atom is -0.493 e. The molecule has 0 saturated heterocycles. The molecule has 2 aromatic rings. The van der Waals surface area contributed by atoms with Gasteiger partial charge in [0, 0.05) is 11.8 Å². The number of amides is 1. The number of halogens is 3. The lowest BCUT2D eigenvalue weighted by Gasteiger charge is -2.14. The van der Waals surface area contributed by atoms with Gasteiger partial charge in [-0.15, -0.1) is 0 Å². The van der Waals surface area contributed by atoms with Gasteiger partial charge in [-0.05, 0) is 24.3 Å². The molecule has 0 radical (unpaired) electrons. The molecule has 2 aromatic carbocycles. The van der Waals surface area contributed by atoms with Gasteiger partial charge in [-0.1, -0.05) is 12.1 Å². The molecule has 0 fully saturated rings. The Morgan fingerprint density at radius 3 is 2.32 bits per heavy atom. The Hall–Kier alpha value is -2.90. The van der Waals surface area contributed by atoms with Crippen LogP contribution in [0.4, 0.5) is 18.9 Å². The lowest BCUT2D eigenvalue weighted by Crippen LogP contribution is -2.21. The molecule has 0 aliphatic carbocycles. The van der Waals surface area contributed by atoms with Gasteiger partial charge in [-0.2, -0.15) is 13.2 Å². The van der Waals surface area contributed by atoms with E-state index in [1.807, 2.05) is 0 Å². The monoisotopic (exact) mass is 355 g/mol. The first-order valence-corrected chi connectivity index (χ1v) is 7.16. The van der Waals surface area contributed by atoms with E-state index in [0.717, 1.165) is 12.1 Å². The number of alkyl halides is 3. The van der Waals surface area contributed by atoms with Crippen LogP contribution in [0.1, 0.15) is 5.56 Å². The van der Waals surface area contributed by atoms with Gasteiger partial charge in [0.1, 0.15) is 5.75 Å². The largest absolute Gasteiger partial charge is 0.493 e. The van der Waals surface area contributed by atoms with Crippen LogP contribution in [0.2, 0.25) is 0 Å². The minimum atomic E-state index is -4.56. The summed E-state index contributed by atoms with van der Waals surface area (Å²) in [4.78, 5) is 11.9. The van der Waals surface area contributed by atoms with Gasteiger partial charge in [0.15, 0.2) is 18.1 Å². The molecule has 0 bridgehead atoms. The van der Waals surface area contributed by atoms with E-state index in [2.05, 4.69) is 5.32 Å². The highest BCUT2D eigenvalue weighted by molar-refractivity contribution is 5.92. The number of anilines is 1. The first-order valence-electron chi connectivity index (χ1n) is 7.16. The fraction of sp³-hybridized carbons (Fsp3) is 0.235. The van der Waals surface area contributed by atoms with Crippen molar-refractivity contribution in [2.75, 3.05) is 26.1 Å². The first kappa shape index (κ1) is 18.4. The molecule has 134 valence electrons. The summed E-state index contributed by atoms with van der Waals surface area (Å²) in [5, 5.41) is 2.52. The summed E-state index contributed by atoms with van der Waals surface area (Å²) in [6.45, 7) is -0.568. The summed E-state index contributed by atoms with van der Waals surface area (Å²) in [6.07, 6.45) is -4.56. The van der Waals surface area contributed by atoms with E-state index < -0.39 is 30.0 Å². The highest BCUT2D eigenvalue weighted by atomic mass is 19.4. The average Bonchev–Trinajstić information content (AvgIpc) is 2.59. The van der Waals surface area contributed by atoms with Crippen molar-refractivity contribution in [3.63, 3.8) is 0 Å². The molecule has 0 aliphatic rings. The maximum Gasteiger partial charge on any atom is 0.419 e. The minimum absolute atomic E-state index is 0.398. The lowest BCUT2D eigenvalue weighted by molar-refractivity contribution is -0.139. The second kappa shape index (κ2) is 7.78. The number of hydrogen-bond donors (Lipinski definition) is 1. The number of nitrogens with one attached hydrogen (secondary N) is 1. The van der Waals surface area contributed by atoms with E-state index >= 15 is 0 Å². The third-order valence-electron chi connectivity index (χ3n) is 3.22. The van der Waals surface area contributed by atoms with Crippen LogP contribution < -0.4 is 19.5 Å². The van der Waals surface area contributed by atoms with E-state index in [4.69, 9.17) is 14.2 Å². The van der Waals surface area contributed by atoms with Crippen LogP contribution in [0.5, 0.6) is 17.2 Å². The van der Waals surface area contributed by atoms with Crippen molar-refractivity contribution in [3.05, 3.63) is 48.0 Å². The molecule has 0 spiro atoms. The van der Waals surface area contributed by atoms with Crippen LogP contribution in [-0.4, -0.2) is 26.7 Å². The molecule has 0 aromatic heterocycles. The van der Waals surface area contributed by atoms with Crippen LogP contribution in [-0.2, 0) is 11.0 Å². The fourth-order valence-corrected chi connectivity index (χ4v) is 2.08. The maximum absolute atomic E-state index is 12.9. The zero-order chi connectivity index (χ0) is 18.4. The third-order valence-corrected chi connectivity index (χ3v) is 3.22. The van der Waals surface area contributed by atoms with E-state index in [1.165, 1.54) is 32.4 Å². The number of rotatable bonds is 6. The summed E-state index contributed by atoms with van der Waals surface area (Å²) in [6, 6.07) is 9.39. The Labute approximate surface area is 142 Å². The van der Waals surface area contributed by atoms with Gasteiger partial charge in [0.05, 0.1) is 19.8 Å². The molecule has 1 amide bonds. The van der Waals surface area contributed by atoms with Crippen molar-refractivity contribution >= 4 is 11.6 Å². The van der Waals surface area contributed by atoms with Gasteiger partial charge < -0.3 is 19.5 Å². The Kier molecular flexibility index (Phi) is 5.74. The normalized spacial score (nSPS) is 10.9. The number of ether oxygens (including phenoxy) is 3. The van der Waals surface area contributed by atoms with E-state index in [0.29, 0.717) is 17.2 Å². The van der Waals surface area contributed by atoms with Crippen molar-refractivity contribution in [2.45, 2.75) is 6.18 Å². The second-order valence-corrected chi connectivity index (χ2v) is 4.90. The van der Waals surface area contributed by atoms with Crippen LogP contribution in [0.25, 0.3) is 0 Å². The molecule has 8 heteroatoms. The molecule has 2 rings (SSSR count). The predicted molar refractivity (Wildman–Crippen MR) is 85.1 cm³/mol. The third kappa shape index (κ3) is 4.79. The van der Waals surface area contributed by atoms with E-state index in [9.17, 15) is 18.0 Å². The number of methoxy groups -OCH3 is 2. The Morgan fingerprint density at radius 1 is 1.00 bits per heavy atom. The van der Waals surface area contributed by atoms with Gasteiger partial charge >= 0.3 is 6.18 Å². The number of para-hydroxylation sites is 1. The summed E-state index contributed by atoms with van der Waals surface area (Å²) in [5.74, 6) is -0.124. The summed E-state index contributed by atoms with van der Waals surface area (Å²) in [5.41, 5.74) is -0.538. The number of carbonyl (C=O) groups excluding carboxylic acids is 1. The van der Waals surface area contributed by atoms with Gasteiger partial charge in [0.25, 0.3) is 5.91 Å². The Morgan fingerprint density at radius 2 is 1.68 bits per heavy atom. The van der Waals surface area contributed by atoms with Gasteiger partial charge in [-0.3, -0.25) is 4.79 Å². The van der Waals surface area contributed by atoms with Crippen molar-refractivity contribution in [1.29, 1.82) is 0 Å². The molecular formula is C17H16F3NO4. The number of hydrogen-bond acceptors (Lipinski definition) is 4. The SMILES string of the molecule is COc1ccc(NC(=O)COc2ccccc2C(F)(F)F)cc1OC. The van der Waals surface area contributed by atoms with Crippen molar-refractivity contribution < 1.29 is 32.2 Å². The van der Waals surface area contributed by atoms with E-state index in [1.54, 1.807) is 12.1 Å². The molecular weight excluding hydrogens is 339 g/mol. The lowest BCUT2D eigenvalue weighted by atomic mass is 10.2. The number of benzene rings is 2. The van der Waals surface area contributed by atoms with Crippen molar-refractivity contribution in [1.82, 2.24) is 0 Å². The molecule has 25 heavy (non-hydrogen) atoms. The topological polar surface area (TPSA) is 56.8 Å². The highest BCUT2D eigenvalue weighted by Gasteiger charge is 2.34. The maximum atomic E-state index is 12.9. The van der Waals surface area contributed by atoms with Crippen LogP contribution in [0.15, 0.2) is 42.5 Å². The molecule has 0 saturated carbocycles.